The number of nitrogens with one attached hydrogen (secondary N) is 1. The van der Waals surface area contributed by atoms with Gasteiger partial charge in [0.1, 0.15) is 5.82 Å². The maximum atomic E-state index is 5.53. The van der Waals surface area contributed by atoms with E-state index in [4.69, 9.17) is 5.73 Å². The first kappa shape index (κ1) is 8.00. The highest BCUT2D eigenvalue weighted by atomic mass is 15.3. The molecule has 0 unspecified atom stereocenters. The molecule has 2 aromatic rings. The number of anilines is 1. The molecule has 0 aliphatic rings. The highest BCUT2D eigenvalue weighted by molar-refractivity contribution is 5.44. The molecule has 2 rings (SSSR count). The standard InChI is InChI=1S/C8H11N5/c1-10-7-2-3-8-11-5-6(4-9)13(8)12-7/h2-3,5H,4,9H2,1H3,(H,10,12). The molecule has 0 amide bonds. The van der Waals surface area contributed by atoms with Gasteiger partial charge in [-0.1, -0.05) is 0 Å². The summed E-state index contributed by atoms with van der Waals surface area (Å²) in [5, 5.41) is 7.25. The number of hydrogen-bond donors (Lipinski definition) is 2. The highest BCUT2D eigenvalue weighted by Gasteiger charge is 2.02. The highest BCUT2D eigenvalue weighted by Crippen LogP contribution is 2.07. The number of rotatable bonds is 2. The molecule has 0 saturated carbocycles. The Kier molecular flexibility index (Phi) is 1.86. The van der Waals surface area contributed by atoms with E-state index >= 15 is 0 Å². The van der Waals surface area contributed by atoms with Gasteiger partial charge in [-0.25, -0.2) is 9.50 Å². The molecule has 2 aromatic heterocycles. The molecule has 0 fully saturated rings. The van der Waals surface area contributed by atoms with Crippen molar-refractivity contribution in [2.24, 2.45) is 5.73 Å². The summed E-state index contributed by atoms with van der Waals surface area (Å²) in [5.74, 6) is 0.806. The van der Waals surface area contributed by atoms with Crippen LogP contribution in [0.2, 0.25) is 0 Å². The molecule has 0 spiro atoms. The fourth-order valence-electron chi connectivity index (χ4n) is 1.19. The maximum Gasteiger partial charge on any atom is 0.153 e. The van der Waals surface area contributed by atoms with E-state index in [-0.39, 0.29) is 0 Å². The summed E-state index contributed by atoms with van der Waals surface area (Å²) in [4.78, 5) is 4.16. The van der Waals surface area contributed by atoms with Crippen LogP contribution in [0.15, 0.2) is 18.3 Å². The lowest BCUT2D eigenvalue weighted by Crippen LogP contribution is -2.05. The summed E-state index contributed by atoms with van der Waals surface area (Å²) in [7, 11) is 1.83. The Morgan fingerprint density at radius 1 is 1.54 bits per heavy atom. The first-order chi connectivity index (χ1) is 6.35. The van der Waals surface area contributed by atoms with Crippen LogP contribution >= 0.6 is 0 Å². The molecule has 0 aliphatic heterocycles. The van der Waals surface area contributed by atoms with Crippen LogP contribution < -0.4 is 11.1 Å². The van der Waals surface area contributed by atoms with E-state index in [1.54, 1.807) is 10.7 Å². The van der Waals surface area contributed by atoms with Gasteiger partial charge in [0.05, 0.1) is 11.9 Å². The van der Waals surface area contributed by atoms with E-state index in [9.17, 15) is 0 Å². The quantitative estimate of drug-likeness (QED) is 0.689. The van der Waals surface area contributed by atoms with Crippen LogP contribution in [0.3, 0.4) is 0 Å². The fraction of sp³-hybridized carbons (Fsp3) is 0.250. The van der Waals surface area contributed by atoms with Crippen molar-refractivity contribution in [1.82, 2.24) is 14.6 Å². The van der Waals surface area contributed by atoms with E-state index in [1.807, 2.05) is 19.2 Å². The van der Waals surface area contributed by atoms with Crippen LogP contribution in [0, 0.1) is 0 Å². The molecular weight excluding hydrogens is 166 g/mol. The molecule has 0 radical (unpaired) electrons. The van der Waals surface area contributed by atoms with Gasteiger partial charge in [-0.3, -0.25) is 0 Å². The zero-order valence-electron chi connectivity index (χ0n) is 7.36. The summed E-state index contributed by atoms with van der Waals surface area (Å²) in [5.41, 5.74) is 7.26. The number of nitrogens with zero attached hydrogens (tertiary/aromatic N) is 3. The Morgan fingerprint density at radius 2 is 2.38 bits per heavy atom. The van der Waals surface area contributed by atoms with Crippen LogP contribution in [0.5, 0.6) is 0 Å². The Bertz CT molecular complexity index is 419. The van der Waals surface area contributed by atoms with Gasteiger partial charge >= 0.3 is 0 Å². The molecule has 0 bridgehead atoms. The second-order valence-corrected chi connectivity index (χ2v) is 2.69. The number of imidazole rings is 1. The van der Waals surface area contributed by atoms with Gasteiger partial charge in [0.2, 0.25) is 0 Å². The zero-order chi connectivity index (χ0) is 9.26. The first-order valence-corrected chi connectivity index (χ1v) is 4.06. The lowest BCUT2D eigenvalue weighted by atomic mass is 10.5. The van der Waals surface area contributed by atoms with Gasteiger partial charge in [0.25, 0.3) is 0 Å². The number of hydrogen-bond acceptors (Lipinski definition) is 4. The minimum absolute atomic E-state index is 0.446. The third-order valence-corrected chi connectivity index (χ3v) is 1.90. The number of nitrogens with two attached hydrogens (primary N) is 1. The molecule has 5 nitrogen and oxygen atoms in total. The molecule has 13 heavy (non-hydrogen) atoms. The van der Waals surface area contributed by atoms with Gasteiger partial charge in [0, 0.05) is 13.6 Å². The monoisotopic (exact) mass is 177 g/mol. The van der Waals surface area contributed by atoms with E-state index in [2.05, 4.69) is 15.4 Å². The van der Waals surface area contributed by atoms with Crippen LogP contribution in [0.4, 0.5) is 5.82 Å². The van der Waals surface area contributed by atoms with Crippen molar-refractivity contribution < 1.29 is 0 Å². The fourth-order valence-corrected chi connectivity index (χ4v) is 1.19. The van der Waals surface area contributed by atoms with E-state index in [1.165, 1.54) is 0 Å². The average molecular weight is 177 g/mol. The predicted octanol–water partition coefficient (Wildman–Crippen LogP) is 0.230. The zero-order valence-corrected chi connectivity index (χ0v) is 7.36. The van der Waals surface area contributed by atoms with E-state index in [0.29, 0.717) is 6.54 Å². The molecule has 5 heteroatoms. The lowest BCUT2D eigenvalue weighted by Gasteiger charge is -2.00. The van der Waals surface area contributed by atoms with Gasteiger partial charge in [-0.05, 0) is 12.1 Å². The Balaban J connectivity index is 2.64. The first-order valence-electron chi connectivity index (χ1n) is 4.06. The van der Waals surface area contributed by atoms with Gasteiger partial charge in [-0.15, -0.1) is 5.10 Å². The Hall–Kier alpha value is -1.62. The Labute approximate surface area is 75.6 Å². The largest absolute Gasteiger partial charge is 0.372 e. The van der Waals surface area contributed by atoms with Crippen molar-refractivity contribution in [3.05, 3.63) is 24.0 Å². The second kappa shape index (κ2) is 3.02. The van der Waals surface area contributed by atoms with Crippen LogP contribution in [-0.4, -0.2) is 21.6 Å². The maximum absolute atomic E-state index is 5.53. The summed E-state index contributed by atoms with van der Waals surface area (Å²) in [6, 6.07) is 3.78. The van der Waals surface area contributed by atoms with Crippen molar-refractivity contribution in [2.75, 3.05) is 12.4 Å². The minimum atomic E-state index is 0.446. The molecule has 0 aliphatic carbocycles. The van der Waals surface area contributed by atoms with Crippen molar-refractivity contribution in [3.8, 4) is 0 Å². The van der Waals surface area contributed by atoms with E-state index < -0.39 is 0 Å². The minimum Gasteiger partial charge on any atom is -0.372 e. The number of aromatic nitrogens is 3. The SMILES string of the molecule is CNc1ccc2ncc(CN)n2n1. The second-order valence-electron chi connectivity index (χ2n) is 2.69. The van der Waals surface area contributed by atoms with Crippen molar-refractivity contribution in [2.45, 2.75) is 6.54 Å². The van der Waals surface area contributed by atoms with Gasteiger partial charge in [0.15, 0.2) is 5.65 Å². The van der Waals surface area contributed by atoms with Crippen molar-refractivity contribution >= 4 is 11.5 Å². The normalized spacial score (nSPS) is 10.6. The van der Waals surface area contributed by atoms with Gasteiger partial charge < -0.3 is 11.1 Å². The molecule has 68 valence electrons. The van der Waals surface area contributed by atoms with Crippen molar-refractivity contribution in [3.63, 3.8) is 0 Å². The molecular formula is C8H11N5. The molecule has 0 saturated heterocycles. The average Bonchev–Trinajstić information content (AvgIpc) is 2.59. The smallest absolute Gasteiger partial charge is 0.153 e. The summed E-state index contributed by atoms with van der Waals surface area (Å²) < 4.78 is 1.74. The van der Waals surface area contributed by atoms with E-state index in [0.717, 1.165) is 17.2 Å². The number of fused-ring (bicyclic) bond motifs is 1. The molecule has 2 heterocycles. The van der Waals surface area contributed by atoms with Gasteiger partial charge in [-0.2, -0.15) is 0 Å². The Morgan fingerprint density at radius 3 is 3.08 bits per heavy atom. The predicted molar refractivity (Wildman–Crippen MR) is 50.4 cm³/mol. The molecule has 0 aromatic carbocycles. The third-order valence-electron chi connectivity index (χ3n) is 1.90. The molecule has 3 N–H and O–H groups in total. The van der Waals surface area contributed by atoms with Crippen LogP contribution in [0.25, 0.3) is 5.65 Å². The lowest BCUT2D eigenvalue weighted by molar-refractivity contribution is 0.848. The van der Waals surface area contributed by atoms with Crippen LogP contribution in [-0.2, 0) is 6.54 Å². The summed E-state index contributed by atoms with van der Waals surface area (Å²) in [6.07, 6.45) is 1.74. The summed E-state index contributed by atoms with van der Waals surface area (Å²) in [6.45, 7) is 0.446. The molecule has 0 atom stereocenters. The topological polar surface area (TPSA) is 68.2 Å². The third kappa shape index (κ3) is 1.23. The van der Waals surface area contributed by atoms with Crippen LogP contribution in [0.1, 0.15) is 5.69 Å². The van der Waals surface area contributed by atoms with Crippen molar-refractivity contribution in [1.29, 1.82) is 0 Å². The summed E-state index contributed by atoms with van der Waals surface area (Å²) >= 11 is 0.